The molecule has 3 aromatic rings. The molecule has 0 aliphatic heterocycles. The fourth-order valence-electron chi connectivity index (χ4n) is 2.71. The van der Waals surface area contributed by atoms with Crippen LogP contribution in [0.15, 0.2) is 47.8 Å². The van der Waals surface area contributed by atoms with Gasteiger partial charge in [0.15, 0.2) is 16.6 Å². The highest BCUT2D eigenvalue weighted by Gasteiger charge is 2.12. The lowest BCUT2D eigenvalue weighted by atomic mass is 10.2. The van der Waals surface area contributed by atoms with Gasteiger partial charge in [-0.3, -0.25) is 10.1 Å². The monoisotopic (exact) mass is 426 g/mol. The molecule has 8 nitrogen and oxygen atoms in total. The molecular weight excluding hydrogens is 404 g/mol. The number of urea groups is 1. The Morgan fingerprint density at radius 1 is 0.967 bits per heavy atom. The zero-order chi connectivity index (χ0) is 21.5. The van der Waals surface area contributed by atoms with Crippen LogP contribution in [0.3, 0.4) is 0 Å². The van der Waals surface area contributed by atoms with Crippen LogP contribution in [0.5, 0.6) is 11.5 Å². The number of amides is 3. The molecule has 0 fully saturated rings. The second-order valence-electron chi connectivity index (χ2n) is 6.39. The van der Waals surface area contributed by atoms with E-state index in [4.69, 9.17) is 9.47 Å². The second kappa shape index (κ2) is 9.75. The quantitative estimate of drug-likeness (QED) is 0.523. The molecule has 0 unspecified atom stereocenters. The minimum atomic E-state index is -0.392. The second-order valence-corrected chi connectivity index (χ2v) is 7.25. The van der Waals surface area contributed by atoms with Crippen LogP contribution in [0.4, 0.5) is 21.3 Å². The molecule has 0 radical (unpaired) electrons. The van der Waals surface area contributed by atoms with Crippen LogP contribution in [0.25, 0.3) is 0 Å². The van der Waals surface area contributed by atoms with Gasteiger partial charge in [0, 0.05) is 22.8 Å². The summed E-state index contributed by atoms with van der Waals surface area (Å²) < 4.78 is 10.4. The summed E-state index contributed by atoms with van der Waals surface area (Å²) in [5.74, 6) is 0.869. The van der Waals surface area contributed by atoms with Crippen LogP contribution in [0.2, 0.25) is 0 Å². The Balaban J connectivity index is 1.54. The standard InChI is InChI=1S/C21H22N4O4S/c1-13-5-4-6-14(9-13)23-20(27)25-21-24-16(12-30-21)11-19(26)22-15-7-8-17(28-2)18(10-15)29-3/h4-10,12H,11H2,1-3H3,(H,22,26)(H2,23,24,25,27). The van der Waals surface area contributed by atoms with Crippen LogP contribution >= 0.6 is 11.3 Å². The predicted molar refractivity (Wildman–Crippen MR) is 118 cm³/mol. The van der Waals surface area contributed by atoms with Crippen molar-refractivity contribution in [3.05, 3.63) is 59.1 Å². The molecule has 3 amide bonds. The van der Waals surface area contributed by atoms with E-state index < -0.39 is 6.03 Å². The molecule has 1 heterocycles. The van der Waals surface area contributed by atoms with Crippen molar-refractivity contribution in [3.63, 3.8) is 0 Å². The summed E-state index contributed by atoms with van der Waals surface area (Å²) in [6, 6.07) is 12.2. The SMILES string of the molecule is COc1ccc(NC(=O)Cc2csc(NC(=O)Nc3cccc(C)c3)n2)cc1OC. The molecule has 30 heavy (non-hydrogen) atoms. The van der Waals surface area contributed by atoms with Crippen molar-refractivity contribution in [3.8, 4) is 11.5 Å². The molecular formula is C21H22N4O4S. The number of hydrogen-bond acceptors (Lipinski definition) is 6. The number of hydrogen-bond donors (Lipinski definition) is 3. The minimum absolute atomic E-state index is 0.0754. The molecule has 0 saturated heterocycles. The Bertz CT molecular complexity index is 1050. The van der Waals surface area contributed by atoms with E-state index in [-0.39, 0.29) is 12.3 Å². The van der Waals surface area contributed by atoms with Crippen LogP contribution in [0, 0.1) is 6.92 Å². The maximum Gasteiger partial charge on any atom is 0.325 e. The predicted octanol–water partition coefficient (Wildman–Crippen LogP) is 4.29. The first-order valence-corrected chi connectivity index (χ1v) is 9.95. The third kappa shape index (κ3) is 5.71. The lowest BCUT2D eigenvalue weighted by molar-refractivity contribution is -0.115. The van der Waals surface area contributed by atoms with E-state index in [2.05, 4.69) is 20.9 Å². The molecule has 156 valence electrons. The van der Waals surface area contributed by atoms with Gasteiger partial charge >= 0.3 is 6.03 Å². The molecule has 0 aliphatic carbocycles. The van der Waals surface area contributed by atoms with Gasteiger partial charge in [0.1, 0.15) is 0 Å². The third-order valence-electron chi connectivity index (χ3n) is 4.06. The van der Waals surface area contributed by atoms with Gasteiger partial charge in [0.2, 0.25) is 5.91 Å². The number of nitrogens with zero attached hydrogens (tertiary/aromatic N) is 1. The lowest BCUT2D eigenvalue weighted by Gasteiger charge is -2.10. The number of carbonyl (C=O) groups is 2. The number of benzene rings is 2. The van der Waals surface area contributed by atoms with Gasteiger partial charge < -0.3 is 20.1 Å². The van der Waals surface area contributed by atoms with Gasteiger partial charge in [-0.05, 0) is 36.8 Å². The lowest BCUT2D eigenvalue weighted by Crippen LogP contribution is -2.19. The van der Waals surface area contributed by atoms with Crippen molar-refractivity contribution in [2.24, 2.45) is 0 Å². The van der Waals surface area contributed by atoms with E-state index in [9.17, 15) is 9.59 Å². The highest BCUT2D eigenvalue weighted by Crippen LogP contribution is 2.29. The summed E-state index contributed by atoms with van der Waals surface area (Å²) >= 11 is 1.25. The Morgan fingerprint density at radius 3 is 2.47 bits per heavy atom. The largest absolute Gasteiger partial charge is 0.493 e. The maximum atomic E-state index is 12.3. The first-order valence-electron chi connectivity index (χ1n) is 9.08. The maximum absolute atomic E-state index is 12.3. The average Bonchev–Trinajstić information content (AvgIpc) is 3.14. The molecule has 0 saturated carbocycles. The van der Waals surface area contributed by atoms with Crippen molar-refractivity contribution in [1.29, 1.82) is 0 Å². The van der Waals surface area contributed by atoms with E-state index in [0.29, 0.717) is 33.7 Å². The highest BCUT2D eigenvalue weighted by atomic mass is 32.1. The van der Waals surface area contributed by atoms with Gasteiger partial charge in [-0.1, -0.05) is 12.1 Å². The van der Waals surface area contributed by atoms with Gasteiger partial charge in [-0.2, -0.15) is 0 Å². The normalized spacial score (nSPS) is 10.2. The first kappa shape index (κ1) is 21.1. The van der Waals surface area contributed by atoms with Crippen molar-refractivity contribution in [1.82, 2.24) is 4.98 Å². The summed E-state index contributed by atoms with van der Waals surface area (Å²) in [6.45, 7) is 1.95. The van der Waals surface area contributed by atoms with Gasteiger partial charge in [-0.25, -0.2) is 9.78 Å². The smallest absolute Gasteiger partial charge is 0.325 e. The summed E-state index contributed by atoms with van der Waals surface area (Å²) in [4.78, 5) is 28.7. The van der Waals surface area contributed by atoms with Crippen LogP contribution in [0.1, 0.15) is 11.3 Å². The van der Waals surface area contributed by atoms with Crippen molar-refractivity contribution in [2.45, 2.75) is 13.3 Å². The Labute approximate surface area is 178 Å². The van der Waals surface area contributed by atoms with E-state index >= 15 is 0 Å². The number of aromatic nitrogens is 1. The summed E-state index contributed by atoms with van der Waals surface area (Å²) in [5.41, 5.74) is 2.89. The first-order chi connectivity index (χ1) is 14.5. The van der Waals surface area contributed by atoms with Crippen LogP contribution in [-0.4, -0.2) is 31.1 Å². The highest BCUT2D eigenvalue weighted by molar-refractivity contribution is 7.14. The number of rotatable bonds is 7. The van der Waals surface area contributed by atoms with Gasteiger partial charge in [-0.15, -0.1) is 11.3 Å². The van der Waals surface area contributed by atoms with Gasteiger partial charge in [0.25, 0.3) is 0 Å². The zero-order valence-electron chi connectivity index (χ0n) is 16.8. The number of thiazole rings is 1. The van der Waals surface area contributed by atoms with Crippen LogP contribution < -0.4 is 25.4 Å². The molecule has 0 spiro atoms. The Morgan fingerprint density at radius 2 is 1.73 bits per heavy atom. The Hall–Kier alpha value is -3.59. The molecule has 3 rings (SSSR count). The summed E-state index contributed by atoms with van der Waals surface area (Å²) in [7, 11) is 3.08. The number of carbonyl (C=O) groups excluding carboxylic acids is 2. The van der Waals surface area contributed by atoms with E-state index in [0.717, 1.165) is 5.56 Å². The van der Waals surface area contributed by atoms with E-state index in [1.54, 1.807) is 36.8 Å². The fourth-order valence-corrected chi connectivity index (χ4v) is 3.42. The summed E-state index contributed by atoms with van der Waals surface area (Å²) in [5, 5.41) is 10.4. The Kier molecular flexibility index (Phi) is 6.87. The molecule has 1 aromatic heterocycles. The molecule has 0 aliphatic rings. The average molecular weight is 426 g/mol. The van der Waals surface area contributed by atoms with Gasteiger partial charge in [0.05, 0.1) is 26.3 Å². The molecule has 9 heteroatoms. The molecule has 2 aromatic carbocycles. The number of ether oxygens (including phenoxy) is 2. The van der Waals surface area contributed by atoms with E-state index in [1.807, 2.05) is 25.1 Å². The number of nitrogens with one attached hydrogen (secondary N) is 3. The number of methoxy groups -OCH3 is 2. The zero-order valence-corrected chi connectivity index (χ0v) is 17.6. The van der Waals surface area contributed by atoms with Crippen molar-refractivity contribution < 1.29 is 19.1 Å². The molecule has 0 bridgehead atoms. The minimum Gasteiger partial charge on any atom is -0.493 e. The van der Waals surface area contributed by atoms with Crippen molar-refractivity contribution >= 4 is 39.8 Å². The summed E-state index contributed by atoms with van der Waals surface area (Å²) in [6.07, 6.45) is 0.0754. The number of aryl methyl sites for hydroxylation is 1. The van der Waals surface area contributed by atoms with E-state index in [1.165, 1.54) is 18.4 Å². The van der Waals surface area contributed by atoms with Crippen molar-refractivity contribution in [2.75, 3.05) is 30.2 Å². The topological polar surface area (TPSA) is 102 Å². The molecule has 3 N–H and O–H groups in total. The third-order valence-corrected chi connectivity index (χ3v) is 4.86. The number of anilines is 3. The fraction of sp³-hybridized carbons (Fsp3) is 0.190. The molecule has 0 atom stereocenters. The van der Waals surface area contributed by atoms with Crippen LogP contribution in [-0.2, 0) is 11.2 Å².